The topological polar surface area (TPSA) is 80.3 Å². The van der Waals surface area contributed by atoms with Crippen molar-refractivity contribution < 1.29 is 23.6 Å². The van der Waals surface area contributed by atoms with E-state index in [1.165, 1.54) is 7.11 Å². The van der Waals surface area contributed by atoms with E-state index in [0.717, 1.165) is 0 Å². The molecular weight excluding hydrogens is 417 g/mol. The zero-order valence-electron chi connectivity index (χ0n) is 21.8. The van der Waals surface area contributed by atoms with Gasteiger partial charge in [0.1, 0.15) is 5.60 Å². The Kier molecular flexibility index (Phi) is 12.5. The van der Waals surface area contributed by atoms with Gasteiger partial charge in [-0.25, -0.2) is 18.9 Å². The number of esters is 1. The molecule has 0 spiro atoms. The third-order valence-electron chi connectivity index (χ3n) is 4.37. The van der Waals surface area contributed by atoms with Gasteiger partial charge < -0.3 is 19.3 Å². The second-order valence-electron chi connectivity index (χ2n) is 9.85. The van der Waals surface area contributed by atoms with E-state index in [2.05, 4.69) is 70.0 Å². The number of hydrogen-bond donors (Lipinski definition) is 1. The minimum Gasteiger partial charge on any atom is -0.467 e. The Balaban J connectivity index is 5.97. The SMILES string of the molecule is COC(=O)[C@@H](NC(=O)OC(C)(C)C)[C@@H](C)OP(N(C(C)C)C(C)C)N(C(C)C)C(C)C. The first-order chi connectivity index (χ1) is 14.0. The Morgan fingerprint density at radius 2 is 1.19 bits per heavy atom. The predicted molar refractivity (Wildman–Crippen MR) is 127 cm³/mol. The fourth-order valence-corrected chi connectivity index (χ4v) is 5.81. The number of methoxy groups -OCH3 is 1. The van der Waals surface area contributed by atoms with Gasteiger partial charge in [-0.3, -0.25) is 0 Å². The highest BCUT2D eigenvalue weighted by molar-refractivity contribution is 7.47. The molecule has 1 N–H and O–H groups in total. The average molecular weight is 464 g/mol. The molecule has 0 aliphatic carbocycles. The highest BCUT2D eigenvalue weighted by Gasteiger charge is 2.39. The fraction of sp³-hybridized carbons (Fsp3) is 0.909. The molecule has 1 amide bonds. The summed E-state index contributed by atoms with van der Waals surface area (Å²) in [5.74, 6) is -0.574. The minimum absolute atomic E-state index is 0.230. The standard InChI is InChI=1S/C22H46N3O5P/c1-14(2)24(15(3)4)31(25(16(5)6)17(7)8)30-18(9)19(20(26)28-13)23-21(27)29-22(10,11)12/h14-19H,1-13H3,(H,23,27)/t18-,19+/m1/s1. The normalized spacial score (nSPS) is 14.8. The molecule has 0 saturated carbocycles. The Morgan fingerprint density at radius 3 is 1.48 bits per heavy atom. The monoisotopic (exact) mass is 463 g/mol. The van der Waals surface area contributed by atoms with Crippen LogP contribution in [0.3, 0.4) is 0 Å². The molecule has 0 heterocycles. The molecule has 0 saturated heterocycles. The number of carbonyl (C=O) groups is 2. The Morgan fingerprint density at radius 1 is 0.806 bits per heavy atom. The van der Waals surface area contributed by atoms with E-state index in [-0.39, 0.29) is 24.2 Å². The van der Waals surface area contributed by atoms with Crippen LogP contribution >= 0.6 is 8.45 Å². The van der Waals surface area contributed by atoms with Gasteiger partial charge in [0, 0.05) is 24.2 Å². The van der Waals surface area contributed by atoms with Crippen molar-refractivity contribution in [3.05, 3.63) is 0 Å². The molecule has 0 aliphatic heterocycles. The van der Waals surface area contributed by atoms with Crippen molar-refractivity contribution in [3.8, 4) is 0 Å². The highest BCUT2D eigenvalue weighted by Crippen LogP contribution is 2.51. The Bertz CT molecular complexity index is 528. The van der Waals surface area contributed by atoms with Gasteiger partial charge in [-0.2, -0.15) is 0 Å². The lowest BCUT2D eigenvalue weighted by atomic mass is 10.2. The van der Waals surface area contributed by atoms with Crippen molar-refractivity contribution in [3.63, 3.8) is 0 Å². The number of carbonyl (C=O) groups excluding carboxylic acids is 2. The summed E-state index contributed by atoms with van der Waals surface area (Å²) in [4.78, 5) is 24.9. The number of amides is 1. The van der Waals surface area contributed by atoms with Crippen LogP contribution < -0.4 is 5.32 Å². The molecule has 0 radical (unpaired) electrons. The van der Waals surface area contributed by atoms with Gasteiger partial charge in [-0.15, -0.1) is 0 Å². The third-order valence-corrected chi connectivity index (χ3v) is 7.53. The van der Waals surface area contributed by atoms with Gasteiger partial charge in [0.15, 0.2) is 14.5 Å². The second kappa shape index (κ2) is 12.9. The summed E-state index contributed by atoms with van der Waals surface area (Å²) in [6.45, 7) is 24.2. The van der Waals surface area contributed by atoms with Crippen LogP contribution in [0.4, 0.5) is 4.79 Å². The number of ether oxygens (including phenoxy) is 2. The fourth-order valence-electron chi connectivity index (χ4n) is 3.35. The van der Waals surface area contributed by atoms with Crippen LogP contribution in [0, 0.1) is 0 Å². The highest BCUT2D eigenvalue weighted by atomic mass is 31.2. The van der Waals surface area contributed by atoms with E-state index < -0.39 is 38.3 Å². The Hall–Kier alpha value is -0.950. The van der Waals surface area contributed by atoms with Crippen LogP contribution in [0.5, 0.6) is 0 Å². The zero-order chi connectivity index (χ0) is 24.7. The number of nitrogens with zero attached hydrogens (tertiary/aromatic N) is 2. The van der Waals surface area contributed by atoms with Crippen LogP contribution in [0.25, 0.3) is 0 Å². The lowest BCUT2D eigenvalue weighted by Gasteiger charge is -2.47. The second-order valence-corrected chi connectivity index (χ2v) is 11.5. The zero-order valence-corrected chi connectivity index (χ0v) is 22.7. The first-order valence-electron chi connectivity index (χ1n) is 11.1. The van der Waals surface area contributed by atoms with Gasteiger partial charge in [-0.05, 0) is 83.1 Å². The summed E-state index contributed by atoms with van der Waals surface area (Å²) >= 11 is 0. The van der Waals surface area contributed by atoms with E-state index in [1.54, 1.807) is 27.7 Å². The molecule has 0 bridgehead atoms. The molecule has 9 heteroatoms. The maximum atomic E-state index is 12.5. The maximum absolute atomic E-state index is 12.5. The molecule has 0 aliphatic rings. The summed E-state index contributed by atoms with van der Waals surface area (Å²) in [5, 5.41) is 2.64. The van der Waals surface area contributed by atoms with Crippen LogP contribution in [0.15, 0.2) is 0 Å². The third kappa shape index (κ3) is 10.0. The number of alkyl carbamates (subject to hydrolysis) is 1. The van der Waals surface area contributed by atoms with Gasteiger partial charge >= 0.3 is 12.1 Å². The number of hydrogen-bond acceptors (Lipinski definition) is 7. The molecule has 0 aromatic carbocycles. The Labute approximate surface area is 191 Å². The lowest BCUT2D eigenvalue weighted by molar-refractivity contribution is -0.145. The average Bonchev–Trinajstić information content (AvgIpc) is 2.55. The first kappa shape index (κ1) is 30.0. The van der Waals surface area contributed by atoms with Crippen molar-refractivity contribution >= 4 is 20.5 Å². The van der Waals surface area contributed by atoms with Gasteiger partial charge in [0.2, 0.25) is 0 Å². The van der Waals surface area contributed by atoms with Crippen molar-refractivity contribution in [1.29, 1.82) is 0 Å². The summed E-state index contributed by atoms with van der Waals surface area (Å²) < 4.78 is 21.5. The predicted octanol–water partition coefficient (Wildman–Crippen LogP) is 4.92. The van der Waals surface area contributed by atoms with Crippen LogP contribution in [0.2, 0.25) is 0 Å². The smallest absolute Gasteiger partial charge is 0.408 e. The number of nitrogens with one attached hydrogen (secondary N) is 1. The number of rotatable bonds is 11. The van der Waals surface area contributed by atoms with E-state index in [4.69, 9.17) is 14.0 Å². The van der Waals surface area contributed by atoms with Crippen molar-refractivity contribution in [2.45, 2.75) is 125 Å². The molecule has 0 unspecified atom stereocenters. The molecule has 184 valence electrons. The minimum atomic E-state index is -1.23. The summed E-state index contributed by atoms with van der Waals surface area (Å²) in [7, 11) is 0.0643. The molecule has 0 fully saturated rings. The molecule has 2 atom stereocenters. The quantitative estimate of drug-likeness (QED) is 0.344. The van der Waals surface area contributed by atoms with E-state index in [9.17, 15) is 9.59 Å². The van der Waals surface area contributed by atoms with Gasteiger partial charge in [0.25, 0.3) is 0 Å². The van der Waals surface area contributed by atoms with Crippen molar-refractivity contribution in [1.82, 2.24) is 14.7 Å². The molecule has 0 aromatic heterocycles. The van der Waals surface area contributed by atoms with E-state index in [1.807, 2.05) is 0 Å². The van der Waals surface area contributed by atoms with Crippen molar-refractivity contribution in [2.75, 3.05) is 7.11 Å². The van der Waals surface area contributed by atoms with Crippen molar-refractivity contribution in [2.24, 2.45) is 0 Å². The molecular formula is C22H46N3O5P. The van der Waals surface area contributed by atoms with Gasteiger partial charge in [-0.1, -0.05) is 0 Å². The first-order valence-corrected chi connectivity index (χ1v) is 12.3. The van der Waals surface area contributed by atoms with Crippen LogP contribution in [-0.4, -0.2) is 70.4 Å². The maximum Gasteiger partial charge on any atom is 0.408 e. The molecule has 0 aromatic rings. The molecule has 8 nitrogen and oxygen atoms in total. The van der Waals surface area contributed by atoms with E-state index in [0.29, 0.717) is 0 Å². The lowest BCUT2D eigenvalue weighted by Crippen LogP contribution is -2.51. The van der Waals surface area contributed by atoms with E-state index >= 15 is 0 Å². The summed E-state index contributed by atoms with van der Waals surface area (Å²) in [6, 6.07) is -0.0722. The summed E-state index contributed by atoms with van der Waals surface area (Å²) in [6.07, 6.45) is -1.32. The van der Waals surface area contributed by atoms with Gasteiger partial charge in [0.05, 0.1) is 13.2 Å². The molecule has 31 heavy (non-hydrogen) atoms. The molecule has 0 rings (SSSR count). The van der Waals surface area contributed by atoms with Crippen LogP contribution in [-0.2, 0) is 18.8 Å². The van der Waals surface area contributed by atoms with Crippen LogP contribution in [0.1, 0.15) is 83.1 Å². The largest absolute Gasteiger partial charge is 0.467 e. The summed E-state index contributed by atoms with van der Waals surface area (Å²) in [5.41, 5.74) is -0.681.